The summed E-state index contributed by atoms with van der Waals surface area (Å²) in [4.78, 5) is 2.39. The van der Waals surface area contributed by atoms with E-state index in [0.717, 1.165) is 72.5 Å². The van der Waals surface area contributed by atoms with Gasteiger partial charge >= 0.3 is 0 Å². The molecule has 314 valence electrons. The molecular weight excluding hydrogens is 813 g/mol. The van der Waals surface area contributed by atoms with Crippen LogP contribution >= 0.6 is 0 Å². The second-order valence-electron chi connectivity index (χ2n) is 17.2. The van der Waals surface area contributed by atoms with Gasteiger partial charge in [0.25, 0.3) is 0 Å². The van der Waals surface area contributed by atoms with Crippen LogP contribution in [0.3, 0.4) is 0 Å². The van der Waals surface area contributed by atoms with E-state index in [-0.39, 0.29) is 0 Å². The summed E-state index contributed by atoms with van der Waals surface area (Å²) in [6, 6.07) is 91.9. The van der Waals surface area contributed by atoms with Crippen LogP contribution in [-0.2, 0) is 0 Å². The summed E-state index contributed by atoms with van der Waals surface area (Å²) in [5.74, 6) is 0. The number of rotatable bonds is 8. The van der Waals surface area contributed by atoms with Crippen molar-refractivity contribution < 1.29 is 4.42 Å². The van der Waals surface area contributed by atoms with E-state index in [9.17, 15) is 0 Å². The van der Waals surface area contributed by atoms with Crippen LogP contribution < -0.4 is 4.90 Å². The predicted octanol–water partition coefficient (Wildman–Crippen LogP) is 18.0. The first-order valence-corrected chi connectivity index (χ1v) is 22.9. The Morgan fingerprint density at radius 3 is 1.61 bits per heavy atom. The first-order valence-electron chi connectivity index (χ1n) is 22.9. The Bertz CT molecular complexity index is 3930. The van der Waals surface area contributed by atoms with E-state index in [1.165, 1.54) is 49.3 Å². The van der Waals surface area contributed by atoms with E-state index in [4.69, 9.17) is 4.42 Å². The van der Waals surface area contributed by atoms with Gasteiger partial charge in [-0.1, -0.05) is 194 Å². The van der Waals surface area contributed by atoms with Crippen molar-refractivity contribution in [2.45, 2.75) is 0 Å². The lowest BCUT2D eigenvalue weighted by Gasteiger charge is -2.28. The van der Waals surface area contributed by atoms with Gasteiger partial charge in [0.05, 0.1) is 22.4 Å². The lowest BCUT2D eigenvalue weighted by molar-refractivity contribution is 0.670. The Balaban J connectivity index is 0.913. The molecule has 0 amide bonds. The van der Waals surface area contributed by atoms with E-state index in [2.05, 4.69) is 252 Å². The van der Waals surface area contributed by atoms with Crippen molar-refractivity contribution in [3.63, 3.8) is 0 Å². The fourth-order valence-electron chi connectivity index (χ4n) is 10.3. The molecule has 0 aliphatic carbocycles. The second-order valence-corrected chi connectivity index (χ2v) is 17.2. The number of hydrogen-bond acceptors (Lipinski definition) is 2. The van der Waals surface area contributed by atoms with E-state index in [1.54, 1.807) is 0 Å². The number of para-hydroxylation sites is 6. The molecule has 13 rings (SSSR count). The lowest BCUT2D eigenvalue weighted by atomic mass is 9.95. The van der Waals surface area contributed by atoms with Gasteiger partial charge in [0.1, 0.15) is 11.2 Å². The molecule has 0 saturated carbocycles. The maximum Gasteiger partial charge on any atom is 0.143 e. The van der Waals surface area contributed by atoms with Gasteiger partial charge in [-0.25, -0.2) is 0 Å². The van der Waals surface area contributed by atoms with Gasteiger partial charge in [0, 0.05) is 49.6 Å². The van der Waals surface area contributed by atoms with Crippen molar-refractivity contribution in [1.82, 2.24) is 4.57 Å². The predicted molar refractivity (Wildman–Crippen MR) is 282 cm³/mol. The van der Waals surface area contributed by atoms with Gasteiger partial charge in [-0.15, -0.1) is 0 Å². The molecule has 0 N–H and O–H groups in total. The number of nitrogens with zero attached hydrogens (tertiary/aromatic N) is 2. The smallest absolute Gasteiger partial charge is 0.143 e. The average molecular weight is 855 g/mol. The molecule has 0 aliphatic rings. The number of furan rings is 1. The maximum absolute atomic E-state index is 6.48. The van der Waals surface area contributed by atoms with Crippen molar-refractivity contribution in [2.24, 2.45) is 0 Å². The van der Waals surface area contributed by atoms with Crippen molar-refractivity contribution in [1.29, 1.82) is 0 Å². The van der Waals surface area contributed by atoms with E-state index in [1.807, 2.05) is 12.1 Å². The summed E-state index contributed by atoms with van der Waals surface area (Å²) in [6.45, 7) is 0. The fraction of sp³-hybridized carbons (Fsp3) is 0. The summed E-state index contributed by atoms with van der Waals surface area (Å²) in [6.07, 6.45) is 0. The number of fused-ring (bicyclic) bond motifs is 7. The zero-order valence-corrected chi connectivity index (χ0v) is 36.6. The average Bonchev–Trinajstić information content (AvgIpc) is 3.95. The molecule has 67 heavy (non-hydrogen) atoms. The Morgan fingerprint density at radius 1 is 0.313 bits per heavy atom. The molecule has 11 aromatic carbocycles. The number of benzene rings is 11. The quantitative estimate of drug-likeness (QED) is 0.152. The van der Waals surface area contributed by atoms with Gasteiger partial charge < -0.3 is 13.9 Å². The van der Waals surface area contributed by atoms with Crippen LogP contribution in [0.15, 0.2) is 259 Å². The maximum atomic E-state index is 6.48. The van der Waals surface area contributed by atoms with Gasteiger partial charge in [-0.05, 0) is 99.3 Å². The summed E-state index contributed by atoms with van der Waals surface area (Å²) in [5.41, 5.74) is 17.8. The second kappa shape index (κ2) is 16.0. The minimum absolute atomic E-state index is 0.900. The minimum Gasteiger partial charge on any atom is -0.455 e. The first kappa shape index (κ1) is 38.5. The molecule has 0 spiro atoms. The zero-order valence-electron chi connectivity index (χ0n) is 36.6. The molecule has 0 aliphatic heterocycles. The topological polar surface area (TPSA) is 21.3 Å². The molecule has 0 fully saturated rings. The lowest BCUT2D eigenvalue weighted by Crippen LogP contribution is -2.11. The Kier molecular flexibility index (Phi) is 9.17. The van der Waals surface area contributed by atoms with Crippen LogP contribution in [0, 0.1) is 0 Å². The van der Waals surface area contributed by atoms with Crippen molar-refractivity contribution >= 4 is 71.6 Å². The van der Waals surface area contributed by atoms with Crippen molar-refractivity contribution in [3.8, 4) is 50.2 Å². The summed E-state index contributed by atoms with van der Waals surface area (Å²) >= 11 is 0. The Morgan fingerprint density at radius 2 is 0.836 bits per heavy atom. The number of aromatic nitrogens is 1. The first-order chi connectivity index (χ1) is 33.2. The third-order valence-corrected chi connectivity index (χ3v) is 13.4. The van der Waals surface area contributed by atoms with Crippen LogP contribution in [0.2, 0.25) is 0 Å². The fourth-order valence-corrected chi connectivity index (χ4v) is 10.3. The van der Waals surface area contributed by atoms with Gasteiger partial charge in [-0.3, -0.25) is 0 Å². The van der Waals surface area contributed by atoms with Crippen LogP contribution in [0.4, 0.5) is 17.1 Å². The Labute approximate surface area is 388 Å². The summed E-state index contributed by atoms with van der Waals surface area (Å²) in [5, 5.41) is 7.21. The highest BCUT2D eigenvalue weighted by atomic mass is 16.3. The van der Waals surface area contributed by atoms with Crippen molar-refractivity contribution in [3.05, 3.63) is 255 Å². The normalized spacial score (nSPS) is 11.6. The SMILES string of the molecule is c1cc(-c2ccc(N(c3ccc(-c4cccc5c4oc4ccccc45)cc3)c3ccccc3-c3cccc4ccccc34)cc2)cc(-c2ccccc2-n2c3ccccc3c3ccccc32)c1. The van der Waals surface area contributed by atoms with Gasteiger partial charge in [-0.2, -0.15) is 0 Å². The number of hydrogen-bond donors (Lipinski definition) is 0. The van der Waals surface area contributed by atoms with Crippen LogP contribution in [-0.4, -0.2) is 4.57 Å². The molecule has 0 unspecified atom stereocenters. The highest BCUT2D eigenvalue weighted by molar-refractivity contribution is 6.11. The standard InChI is InChI=1S/C64H42N2O/c1-2-20-50-44(16-1)17-14-27-53(50)54-22-4-9-30-60(54)65(49-40-36-45(37-41-49)52-26-15-28-58-57-25-7-12-33-63(57)67-64(52)58)48-38-34-43(35-39-48)46-18-13-19-47(42-46)51-21-3-8-29-59(51)66-61-31-10-5-23-55(61)56-24-6-11-32-62(56)66/h1-42H. The van der Waals surface area contributed by atoms with E-state index in [0.29, 0.717) is 0 Å². The molecular formula is C64H42N2O. The Hall–Kier alpha value is -8.92. The molecule has 3 heteroatoms. The van der Waals surface area contributed by atoms with Crippen LogP contribution in [0.1, 0.15) is 0 Å². The van der Waals surface area contributed by atoms with Crippen molar-refractivity contribution in [2.75, 3.05) is 4.90 Å². The molecule has 13 aromatic rings. The van der Waals surface area contributed by atoms with Crippen LogP contribution in [0.25, 0.3) is 105 Å². The summed E-state index contributed by atoms with van der Waals surface area (Å²) in [7, 11) is 0. The monoisotopic (exact) mass is 854 g/mol. The van der Waals surface area contributed by atoms with E-state index >= 15 is 0 Å². The molecule has 0 radical (unpaired) electrons. The van der Waals surface area contributed by atoms with Gasteiger partial charge in [0.15, 0.2) is 0 Å². The molecule has 2 aromatic heterocycles. The zero-order chi connectivity index (χ0) is 44.3. The number of anilines is 3. The molecule has 2 heterocycles. The molecule has 0 saturated heterocycles. The molecule has 0 atom stereocenters. The minimum atomic E-state index is 0.900. The third kappa shape index (κ3) is 6.51. The molecule has 3 nitrogen and oxygen atoms in total. The highest BCUT2D eigenvalue weighted by Gasteiger charge is 2.20. The van der Waals surface area contributed by atoms with E-state index < -0.39 is 0 Å². The molecule has 0 bridgehead atoms. The van der Waals surface area contributed by atoms with Crippen LogP contribution in [0.5, 0.6) is 0 Å². The van der Waals surface area contributed by atoms with Gasteiger partial charge in [0.2, 0.25) is 0 Å². The summed E-state index contributed by atoms with van der Waals surface area (Å²) < 4.78 is 8.89. The highest BCUT2D eigenvalue weighted by Crippen LogP contribution is 2.45. The largest absolute Gasteiger partial charge is 0.455 e. The third-order valence-electron chi connectivity index (χ3n) is 13.4.